The van der Waals surface area contributed by atoms with Gasteiger partial charge in [0, 0.05) is 29.7 Å². The molecule has 0 bridgehead atoms. The van der Waals surface area contributed by atoms with E-state index in [9.17, 15) is 9.59 Å². The molecule has 1 aromatic heterocycles. The Labute approximate surface area is 137 Å². The van der Waals surface area contributed by atoms with Gasteiger partial charge >= 0.3 is 0 Å². The van der Waals surface area contributed by atoms with Crippen molar-refractivity contribution in [1.82, 2.24) is 4.57 Å². The first-order chi connectivity index (χ1) is 11.0. The zero-order valence-corrected chi connectivity index (χ0v) is 14.3. The van der Waals surface area contributed by atoms with E-state index in [0.29, 0.717) is 0 Å². The Balaban J connectivity index is 2.40. The molecule has 0 fully saturated rings. The van der Waals surface area contributed by atoms with Gasteiger partial charge < -0.3 is 9.88 Å². The van der Waals surface area contributed by atoms with Crippen molar-refractivity contribution in [3.63, 3.8) is 0 Å². The van der Waals surface area contributed by atoms with Gasteiger partial charge in [0.25, 0.3) is 5.91 Å². The fourth-order valence-electron chi connectivity index (χ4n) is 2.75. The van der Waals surface area contributed by atoms with Crippen molar-refractivity contribution in [3.05, 3.63) is 63.1 Å². The summed E-state index contributed by atoms with van der Waals surface area (Å²) < 4.78 is 2.05. The molecule has 4 heteroatoms. The van der Waals surface area contributed by atoms with Crippen LogP contribution in [0.5, 0.6) is 0 Å². The molecule has 0 atom stereocenters. The van der Waals surface area contributed by atoms with Crippen molar-refractivity contribution in [3.8, 4) is 0 Å². The molecule has 2 rings (SSSR count). The molecule has 0 aliphatic carbocycles. The second kappa shape index (κ2) is 7.27. The number of nitrogens with one attached hydrogen (secondary N) is 1. The van der Waals surface area contributed by atoms with Gasteiger partial charge in [-0.1, -0.05) is 31.5 Å². The Bertz CT molecular complexity index is 775. The number of aryl methyl sites for hydroxylation is 2. The van der Waals surface area contributed by atoms with E-state index in [-0.39, 0.29) is 16.9 Å². The molecule has 122 valence electrons. The van der Waals surface area contributed by atoms with E-state index in [1.807, 2.05) is 45.0 Å². The third-order valence-electron chi connectivity index (χ3n) is 4.13. The minimum absolute atomic E-state index is 0.223. The molecule has 0 saturated carbocycles. The van der Waals surface area contributed by atoms with E-state index in [4.69, 9.17) is 0 Å². The first-order valence-electron chi connectivity index (χ1n) is 8.03. The van der Waals surface area contributed by atoms with Gasteiger partial charge in [0.05, 0.1) is 0 Å². The van der Waals surface area contributed by atoms with E-state index < -0.39 is 0 Å². The lowest BCUT2D eigenvalue weighted by atomic mass is 10.1. The average molecular weight is 312 g/mol. The SMILES string of the molecule is CCCCn1c(C)cc(=O)c(C(=O)Nc2ccccc2C)c1C. The molecule has 0 saturated heterocycles. The number of hydrogen-bond donors (Lipinski definition) is 1. The number of nitrogens with zero attached hydrogens (tertiary/aromatic N) is 1. The van der Waals surface area contributed by atoms with Crippen LogP contribution in [0.3, 0.4) is 0 Å². The van der Waals surface area contributed by atoms with E-state index in [1.165, 1.54) is 0 Å². The van der Waals surface area contributed by atoms with E-state index in [0.717, 1.165) is 42.0 Å². The summed E-state index contributed by atoms with van der Waals surface area (Å²) in [6, 6.07) is 9.10. The van der Waals surface area contributed by atoms with Crippen molar-refractivity contribution in [2.24, 2.45) is 0 Å². The molecule has 0 aliphatic rings. The van der Waals surface area contributed by atoms with Crippen molar-refractivity contribution < 1.29 is 4.79 Å². The summed E-state index contributed by atoms with van der Waals surface area (Å²) in [6.07, 6.45) is 2.08. The molecule has 1 aromatic carbocycles. The highest BCUT2D eigenvalue weighted by atomic mass is 16.2. The van der Waals surface area contributed by atoms with Crippen LogP contribution < -0.4 is 10.7 Å². The molecule has 1 N–H and O–H groups in total. The molecular weight excluding hydrogens is 288 g/mol. The van der Waals surface area contributed by atoms with E-state index >= 15 is 0 Å². The van der Waals surface area contributed by atoms with Crippen LogP contribution in [-0.2, 0) is 6.54 Å². The van der Waals surface area contributed by atoms with Crippen LogP contribution in [0.2, 0.25) is 0 Å². The molecule has 0 unspecified atom stereocenters. The largest absolute Gasteiger partial charge is 0.348 e. The van der Waals surface area contributed by atoms with Crippen LogP contribution in [0.25, 0.3) is 0 Å². The fraction of sp³-hybridized carbons (Fsp3) is 0.368. The summed E-state index contributed by atoms with van der Waals surface area (Å²) in [6.45, 7) is 8.62. The Kier molecular flexibility index (Phi) is 5.37. The van der Waals surface area contributed by atoms with E-state index in [1.54, 1.807) is 6.07 Å². The zero-order chi connectivity index (χ0) is 17.0. The predicted octanol–water partition coefficient (Wildman–Crippen LogP) is 3.83. The maximum absolute atomic E-state index is 12.6. The Morgan fingerprint density at radius 3 is 2.52 bits per heavy atom. The number of benzene rings is 1. The van der Waals surface area contributed by atoms with Gasteiger partial charge in [-0.2, -0.15) is 0 Å². The van der Waals surface area contributed by atoms with Crippen LogP contribution >= 0.6 is 0 Å². The summed E-state index contributed by atoms with van der Waals surface area (Å²) in [5.41, 5.74) is 3.34. The average Bonchev–Trinajstić information content (AvgIpc) is 2.49. The quantitative estimate of drug-likeness (QED) is 0.912. The van der Waals surface area contributed by atoms with Crippen molar-refractivity contribution in [1.29, 1.82) is 0 Å². The van der Waals surface area contributed by atoms with E-state index in [2.05, 4.69) is 16.8 Å². The zero-order valence-electron chi connectivity index (χ0n) is 14.3. The van der Waals surface area contributed by atoms with Crippen molar-refractivity contribution in [2.45, 2.75) is 47.1 Å². The number of rotatable bonds is 5. The normalized spacial score (nSPS) is 10.6. The smallest absolute Gasteiger partial charge is 0.261 e. The Morgan fingerprint density at radius 2 is 1.87 bits per heavy atom. The third kappa shape index (κ3) is 3.70. The van der Waals surface area contributed by atoms with Gasteiger partial charge in [-0.15, -0.1) is 0 Å². The molecule has 23 heavy (non-hydrogen) atoms. The van der Waals surface area contributed by atoms with Crippen LogP contribution in [0.1, 0.15) is 47.1 Å². The maximum atomic E-state index is 12.6. The molecular formula is C19H24N2O2. The van der Waals surface area contributed by atoms with Crippen LogP contribution in [0.15, 0.2) is 35.1 Å². The molecule has 0 aliphatic heterocycles. The summed E-state index contributed by atoms with van der Waals surface area (Å²) in [7, 11) is 0. The lowest BCUT2D eigenvalue weighted by molar-refractivity contribution is 0.102. The molecule has 1 heterocycles. The number of carbonyl (C=O) groups is 1. The minimum Gasteiger partial charge on any atom is -0.348 e. The molecule has 0 radical (unpaired) electrons. The lowest BCUT2D eigenvalue weighted by Crippen LogP contribution is -2.27. The molecule has 4 nitrogen and oxygen atoms in total. The Hall–Kier alpha value is -2.36. The second-order valence-electron chi connectivity index (χ2n) is 5.88. The number of carbonyl (C=O) groups excluding carboxylic acids is 1. The van der Waals surface area contributed by atoms with Crippen LogP contribution in [0, 0.1) is 20.8 Å². The van der Waals surface area contributed by atoms with Crippen LogP contribution in [-0.4, -0.2) is 10.5 Å². The highest BCUT2D eigenvalue weighted by molar-refractivity contribution is 6.05. The predicted molar refractivity (Wildman–Crippen MR) is 94.2 cm³/mol. The summed E-state index contributed by atoms with van der Waals surface area (Å²) in [5, 5.41) is 2.86. The minimum atomic E-state index is -0.341. The van der Waals surface area contributed by atoms with Gasteiger partial charge in [-0.3, -0.25) is 9.59 Å². The number of pyridine rings is 1. The number of amides is 1. The van der Waals surface area contributed by atoms with Gasteiger partial charge in [0.1, 0.15) is 5.56 Å². The monoisotopic (exact) mass is 312 g/mol. The number of aromatic nitrogens is 1. The lowest BCUT2D eigenvalue weighted by Gasteiger charge is -2.17. The van der Waals surface area contributed by atoms with Gasteiger partial charge in [-0.25, -0.2) is 0 Å². The topological polar surface area (TPSA) is 51.1 Å². The highest BCUT2D eigenvalue weighted by Gasteiger charge is 2.17. The second-order valence-corrected chi connectivity index (χ2v) is 5.88. The number of hydrogen-bond acceptors (Lipinski definition) is 2. The standard InChI is InChI=1S/C19H24N2O2/c1-5-6-11-21-14(3)12-17(22)18(15(21)4)19(23)20-16-10-8-7-9-13(16)2/h7-10,12H,5-6,11H2,1-4H3,(H,20,23). The number of para-hydroxylation sites is 1. The first-order valence-corrected chi connectivity index (χ1v) is 8.03. The molecule has 1 amide bonds. The van der Waals surface area contributed by atoms with Crippen LogP contribution in [0.4, 0.5) is 5.69 Å². The summed E-state index contributed by atoms with van der Waals surface area (Å²) in [4.78, 5) is 25.0. The molecule has 2 aromatic rings. The van der Waals surface area contributed by atoms with Gasteiger partial charge in [0.15, 0.2) is 5.43 Å². The van der Waals surface area contributed by atoms with Crippen molar-refractivity contribution in [2.75, 3.05) is 5.32 Å². The highest BCUT2D eigenvalue weighted by Crippen LogP contribution is 2.16. The maximum Gasteiger partial charge on any atom is 0.261 e. The van der Waals surface area contributed by atoms with Gasteiger partial charge in [-0.05, 0) is 38.8 Å². The number of anilines is 1. The summed E-state index contributed by atoms with van der Waals surface area (Å²) in [5.74, 6) is -0.341. The van der Waals surface area contributed by atoms with Gasteiger partial charge in [0.2, 0.25) is 0 Å². The number of unbranched alkanes of at least 4 members (excludes halogenated alkanes) is 1. The Morgan fingerprint density at radius 1 is 1.17 bits per heavy atom. The molecule has 0 spiro atoms. The summed E-state index contributed by atoms with van der Waals surface area (Å²) >= 11 is 0. The van der Waals surface area contributed by atoms with Crippen molar-refractivity contribution >= 4 is 11.6 Å². The third-order valence-corrected chi connectivity index (χ3v) is 4.13. The first kappa shape index (κ1) is 17.0. The fourth-order valence-corrected chi connectivity index (χ4v) is 2.75.